The number of piperidine rings is 1. The fraction of sp³-hybridized carbons (Fsp3) is 0.350. The molecule has 0 unspecified atom stereocenters. The molecule has 1 amide bonds. The Labute approximate surface area is 170 Å². The lowest BCUT2D eigenvalue weighted by Crippen LogP contribution is -2.35. The van der Waals surface area contributed by atoms with Crippen molar-refractivity contribution in [3.05, 3.63) is 59.1 Å². The Morgan fingerprint density at radius 3 is 2.29 bits per heavy atom. The molecule has 150 valence electrons. The minimum absolute atomic E-state index is 0.147. The summed E-state index contributed by atoms with van der Waals surface area (Å²) in [6.45, 7) is 1.36. The first-order valence-electron chi connectivity index (χ1n) is 9.19. The molecule has 2 aromatic carbocycles. The van der Waals surface area contributed by atoms with Crippen molar-refractivity contribution in [2.45, 2.75) is 30.7 Å². The number of sulfonamides is 1. The minimum atomic E-state index is -3.46. The van der Waals surface area contributed by atoms with E-state index in [0.717, 1.165) is 24.8 Å². The number of benzene rings is 2. The van der Waals surface area contributed by atoms with E-state index in [1.165, 1.54) is 16.4 Å². The van der Waals surface area contributed by atoms with Gasteiger partial charge in [-0.25, -0.2) is 8.42 Å². The van der Waals surface area contributed by atoms with Crippen molar-refractivity contribution in [1.29, 1.82) is 0 Å². The average molecular weight is 423 g/mol. The highest BCUT2D eigenvalue weighted by Crippen LogP contribution is 2.22. The third-order valence-corrected chi connectivity index (χ3v) is 6.71. The van der Waals surface area contributed by atoms with Crippen LogP contribution in [0.15, 0.2) is 53.4 Å². The number of rotatable bonds is 7. The summed E-state index contributed by atoms with van der Waals surface area (Å²) in [6.07, 6.45) is 2.86. The topological polar surface area (TPSA) is 75.7 Å². The van der Waals surface area contributed by atoms with Crippen molar-refractivity contribution < 1.29 is 17.9 Å². The summed E-state index contributed by atoms with van der Waals surface area (Å²) in [5, 5.41) is 3.40. The summed E-state index contributed by atoms with van der Waals surface area (Å²) in [6, 6.07) is 13.4. The SMILES string of the molecule is O=C(COc1ccc(S(=O)(=O)N2CCCCC2)cc1)NCc1ccc(Cl)cc1. The summed E-state index contributed by atoms with van der Waals surface area (Å²) in [4.78, 5) is 12.2. The molecule has 3 rings (SSSR count). The van der Waals surface area contributed by atoms with Gasteiger partial charge in [-0.05, 0) is 54.8 Å². The van der Waals surface area contributed by atoms with Crippen LogP contribution < -0.4 is 10.1 Å². The Balaban J connectivity index is 1.49. The van der Waals surface area contributed by atoms with Crippen LogP contribution in [0.4, 0.5) is 0 Å². The van der Waals surface area contributed by atoms with Crippen molar-refractivity contribution >= 4 is 27.5 Å². The van der Waals surface area contributed by atoms with Crippen LogP contribution in [-0.2, 0) is 21.4 Å². The van der Waals surface area contributed by atoms with E-state index >= 15 is 0 Å². The smallest absolute Gasteiger partial charge is 0.258 e. The minimum Gasteiger partial charge on any atom is -0.484 e. The molecule has 1 N–H and O–H groups in total. The van der Waals surface area contributed by atoms with E-state index in [-0.39, 0.29) is 17.4 Å². The Kier molecular flexibility index (Phi) is 6.93. The van der Waals surface area contributed by atoms with E-state index in [1.807, 2.05) is 12.1 Å². The van der Waals surface area contributed by atoms with Gasteiger partial charge in [-0.2, -0.15) is 4.31 Å². The number of hydrogen-bond acceptors (Lipinski definition) is 4. The van der Waals surface area contributed by atoms with E-state index in [1.54, 1.807) is 24.3 Å². The third kappa shape index (κ3) is 5.47. The number of nitrogens with zero attached hydrogens (tertiary/aromatic N) is 1. The number of amides is 1. The van der Waals surface area contributed by atoms with Crippen molar-refractivity contribution in [2.24, 2.45) is 0 Å². The summed E-state index contributed by atoms with van der Waals surface area (Å²) >= 11 is 5.83. The molecule has 0 bridgehead atoms. The molecule has 0 spiro atoms. The van der Waals surface area contributed by atoms with Gasteiger partial charge in [0.15, 0.2) is 6.61 Å². The molecule has 0 saturated carbocycles. The van der Waals surface area contributed by atoms with E-state index in [4.69, 9.17) is 16.3 Å². The molecule has 1 saturated heterocycles. The molecule has 6 nitrogen and oxygen atoms in total. The monoisotopic (exact) mass is 422 g/mol. The van der Waals surface area contributed by atoms with Crippen LogP contribution >= 0.6 is 11.6 Å². The number of carbonyl (C=O) groups excluding carboxylic acids is 1. The summed E-state index contributed by atoms with van der Waals surface area (Å²) in [7, 11) is -3.46. The Morgan fingerprint density at radius 1 is 1.00 bits per heavy atom. The zero-order chi connectivity index (χ0) is 20.0. The number of carbonyl (C=O) groups is 1. The van der Waals surface area contributed by atoms with Crippen molar-refractivity contribution in [3.63, 3.8) is 0 Å². The van der Waals surface area contributed by atoms with Gasteiger partial charge < -0.3 is 10.1 Å². The largest absolute Gasteiger partial charge is 0.484 e. The standard InChI is InChI=1S/C20H23ClN2O4S/c21-17-6-4-16(5-7-17)14-22-20(24)15-27-18-8-10-19(11-9-18)28(25,26)23-12-2-1-3-13-23/h4-11H,1-3,12-15H2,(H,22,24). The van der Waals surface area contributed by atoms with E-state index in [0.29, 0.717) is 30.4 Å². The van der Waals surface area contributed by atoms with Crippen LogP contribution in [0.5, 0.6) is 5.75 Å². The van der Waals surface area contributed by atoms with Crippen LogP contribution in [0.3, 0.4) is 0 Å². The lowest BCUT2D eigenvalue weighted by atomic mass is 10.2. The quantitative estimate of drug-likeness (QED) is 0.743. The second-order valence-corrected chi connectivity index (χ2v) is 9.00. The molecule has 0 aliphatic carbocycles. The van der Waals surface area contributed by atoms with Gasteiger partial charge in [0.1, 0.15) is 5.75 Å². The lowest BCUT2D eigenvalue weighted by Gasteiger charge is -2.25. The first kappa shape index (κ1) is 20.6. The number of halogens is 1. The molecule has 1 heterocycles. The van der Waals surface area contributed by atoms with E-state index in [9.17, 15) is 13.2 Å². The Bertz CT molecular complexity index is 893. The predicted octanol–water partition coefficient (Wildman–Crippen LogP) is 3.21. The highest BCUT2D eigenvalue weighted by atomic mass is 35.5. The van der Waals surface area contributed by atoms with Crippen molar-refractivity contribution in [1.82, 2.24) is 9.62 Å². The maximum Gasteiger partial charge on any atom is 0.258 e. The molecule has 1 fully saturated rings. The van der Waals surface area contributed by atoms with Crippen LogP contribution in [0.25, 0.3) is 0 Å². The molecule has 0 radical (unpaired) electrons. The molecule has 0 aromatic heterocycles. The maximum atomic E-state index is 12.6. The fourth-order valence-electron chi connectivity index (χ4n) is 2.96. The normalized spacial score (nSPS) is 15.2. The highest BCUT2D eigenvalue weighted by molar-refractivity contribution is 7.89. The fourth-order valence-corrected chi connectivity index (χ4v) is 4.61. The van der Waals surface area contributed by atoms with Gasteiger partial charge >= 0.3 is 0 Å². The van der Waals surface area contributed by atoms with Crippen molar-refractivity contribution in [2.75, 3.05) is 19.7 Å². The number of nitrogens with one attached hydrogen (secondary N) is 1. The lowest BCUT2D eigenvalue weighted by molar-refractivity contribution is -0.123. The number of ether oxygens (including phenoxy) is 1. The highest BCUT2D eigenvalue weighted by Gasteiger charge is 2.25. The maximum absolute atomic E-state index is 12.6. The van der Waals surface area contributed by atoms with Gasteiger partial charge in [0, 0.05) is 24.7 Å². The van der Waals surface area contributed by atoms with Crippen LogP contribution in [0.2, 0.25) is 5.02 Å². The number of hydrogen-bond donors (Lipinski definition) is 1. The molecular formula is C20H23ClN2O4S. The Morgan fingerprint density at radius 2 is 1.64 bits per heavy atom. The molecule has 28 heavy (non-hydrogen) atoms. The van der Waals surface area contributed by atoms with Gasteiger partial charge in [-0.1, -0.05) is 30.2 Å². The molecule has 0 atom stereocenters. The molecular weight excluding hydrogens is 400 g/mol. The van der Waals surface area contributed by atoms with E-state index in [2.05, 4.69) is 5.32 Å². The summed E-state index contributed by atoms with van der Waals surface area (Å²) in [5.74, 6) is 0.180. The first-order valence-corrected chi connectivity index (χ1v) is 11.0. The van der Waals surface area contributed by atoms with Gasteiger partial charge in [0.2, 0.25) is 10.0 Å². The zero-order valence-corrected chi connectivity index (χ0v) is 17.0. The van der Waals surface area contributed by atoms with Crippen LogP contribution in [0.1, 0.15) is 24.8 Å². The summed E-state index contributed by atoms with van der Waals surface area (Å²) < 4.78 is 32.2. The van der Waals surface area contributed by atoms with Gasteiger partial charge in [-0.3, -0.25) is 4.79 Å². The average Bonchev–Trinajstić information content (AvgIpc) is 2.73. The molecule has 1 aliphatic heterocycles. The Hall–Kier alpha value is -2.09. The third-order valence-electron chi connectivity index (χ3n) is 4.55. The van der Waals surface area contributed by atoms with Gasteiger partial charge in [0.25, 0.3) is 5.91 Å². The second kappa shape index (κ2) is 9.41. The van der Waals surface area contributed by atoms with Crippen LogP contribution in [0, 0.1) is 0 Å². The molecule has 1 aliphatic rings. The first-order chi connectivity index (χ1) is 13.4. The van der Waals surface area contributed by atoms with Crippen LogP contribution in [-0.4, -0.2) is 38.3 Å². The van der Waals surface area contributed by atoms with Gasteiger partial charge in [0.05, 0.1) is 4.90 Å². The van der Waals surface area contributed by atoms with Gasteiger partial charge in [-0.15, -0.1) is 0 Å². The predicted molar refractivity (Wildman–Crippen MR) is 108 cm³/mol. The molecule has 2 aromatic rings. The summed E-state index contributed by atoms with van der Waals surface area (Å²) in [5.41, 5.74) is 0.935. The van der Waals surface area contributed by atoms with Crippen molar-refractivity contribution in [3.8, 4) is 5.75 Å². The molecule has 8 heteroatoms. The second-order valence-electron chi connectivity index (χ2n) is 6.63. The van der Waals surface area contributed by atoms with E-state index < -0.39 is 10.0 Å². The zero-order valence-electron chi connectivity index (χ0n) is 15.4.